The lowest BCUT2D eigenvalue weighted by atomic mass is 9.87. The molecule has 0 unspecified atom stereocenters. The van der Waals surface area contributed by atoms with E-state index in [0.29, 0.717) is 6.04 Å². The van der Waals surface area contributed by atoms with Crippen molar-refractivity contribution in [3.05, 3.63) is 0 Å². The van der Waals surface area contributed by atoms with E-state index in [9.17, 15) is 4.79 Å². The van der Waals surface area contributed by atoms with Crippen LogP contribution in [0.2, 0.25) is 0 Å². The van der Waals surface area contributed by atoms with Crippen LogP contribution in [0.1, 0.15) is 41.5 Å². The van der Waals surface area contributed by atoms with Crippen LogP contribution in [-0.4, -0.2) is 23.4 Å². The highest BCUT2D eigenvalue weighted by Crippen LogP contribution is 2.23. The maximum absolute atomic E-state index is 11.2. The highest BCUT2D eigenvalue weighted by molar-refractivity contribution is 5.73. The van der Waals surface area contributed by atoms with E-state index in [-0.39, 0.29) is 11.3 Å². The average molecular weight is 171 g/mol. The Morgan fingerprint density at radius 2 is 1.83 bits per heavy atom. The highest BCUT2D eigenvalue weighted by atomic mass is 16.2. The molecule has 0 aromatic rings. The molecule has 12 heavy (non-hydrogen) atoms. The van der Waals surface area contributed by atoms with Gasteiger partial charge in [-0.15, -0.1) is 0 Å². The SMILES string of the molecule is CCN(C(C)=O)[C@@H](C)C(C)(C)C. The predicted octanol–water partition coefficient (Wildman–Crippen LogP) is 2.29. The number of hydrogen-bond donors (Lipinski definition) is 0. The minimum absolute atomic E-state index is 0.167. The Morgan fingerprint density at radius 3 is 1.92 bits per heavy atom. The molecule has 0 aliphatic heterocycles. The third-order valence-electron chi connectivity index (χ3n) is 2.47. The molecule has 2 nitrogen and oxygen atoms in total. The summed E-state index contributed by atoms with van der Waals surface area (Å²) in [6.45, 7) is 13.0. The Morgan fingerprint density at radius 1 is 1.42 bits per heavy atom. The fourth-order valence-corrected chi connectivity index (χ4v) is 1.24. The van der Waals surface area contributed by atoms with Crippen molar-refractivity contribution < 1.29 is 4.79 Å². The minimum atomic E-state index is 0.167. The third-order valence-corrected chi connectivity index (χ3v) is 2.47. The molecule has 1 atom stereocenters. The summed E-state index contributed by atoms with van der Waals surface area (Å²) in [4.78, 5) is 13.1. The van der Waals surface area contributed by atoms with Gasteiger partial charge in [-0.3, -0.25) is 4.79 Å². The van der Waals surface area contributed by atoms with Crippen LogP contribution in [0.15, 0.2) is 0 Å². The molecule has 0 aliphatic rings. The molecule has 0 bridgehead atoms. The first kappa shape index (κ1) is 11.5. The van der Waals surface area contributed by atoms with Gasteiger partial charge in [-0.1, -0.05) is 20.8 Å². The molecule has 0 rings (SSSR count). The lowest BCUT2D eigenvalue weighted by Crippen LogP contribution is -2.44. The summed E-state index contributed by atoms with van der Waals surface area (Å²) in [6.07, 6.45) is 0. The summed E-state index contributed by atoms with van der Waals surface area (Å²) in [5, 5.41) is 0. The van der Waals surface area contributed by atoms with Crippen molar-refractivity contribution in [2.45, 2.75) is 47.6 Å². The molecule has 0 heterocycles. The largest absolute Gasteiger partial charge is 0.340 e. The van der Waals surface area contributed by atoms with Crippen LogP contribution in [0.5, 0.6) is 0 Å². The van der Waals surface area contributed by atoms with E-state index in [0.717, 1.165) is 6.54 Å². The van der Waals surface area contributed by atoms with Crippen LogP contribution in [0, 0.1) is 5.41 Å². The third kappa shape index (κ3) is 2.84. The van der Waals surface area contributed by atoms with Gasteiger partial charge in [-0.2, -0.15) is 0 Å². The Hall–Kier alpha value is -0.530. The summed E-state index contributed by atoms with van der Waals surface area (Å²) >= 11 is 0. The second-order valence-corrected chi connectivity index (χ2v) is 4.35. The van der Waals surface area contributed by atoms with Gasteiger partial charge in [0.1, 0.15) is 0 Å². The Bertz CT molecular complexity index is 158. The molecule has 0 aromatic heterocycles. The van der Waals surface area contributed by atoms with E-state index >= 15 is 0 Å². The molecule has 0 radical (unpaired) electrons. The van der Waals surface area contributed by atoms with Crippen molar-refractivity contribution in [1.29, 1.82) is 0 Å². The van der Waals surface area contributed by atoms with Crippen molar-refractivity contribution in [2.75, 3.05) is 6.54 Å². The van der Waals surface area contributed by atoms with Gasteiger partial charge < -0.3 is 4.90 Å². The minimum Gasteiger partial charge on any atom is -0.340 e. The summed E-state index contributed by atoms with van der Waals surface area (Å²) in [7, 11) is 0. The normalized spacial score (nSPS) is 14.2. The van der Waals surface area contributed by atoms with E-state index < -0.39 is 0 Å². The van der Waals surface area contributed by atoms with Crippen molar-refractivity contribution in [3.63, 3.8) is 0 Å². The Labute approximate surface area is 75.9 Å². The molecule has 0 spiro atoms. The maximum atomic E-state index is 11.2. The van der Waals surface area contributed by atoms with Gasteiger partial charge in [0.15, 0.2) is 0 Å². The average Bonchev–Trinajstić information content (AvgIpc) is 1.86. The first-order valence-electron chi connectivity index (χ1n) is 4.58. The molecule has 72 valence electrons. The van der Waals surface area contributed by atoms with Gasteiger partial charge >= 0.3 is 0 Å². The number of nitrogens with zero attached hydrogens (tertiary/aromatic N) is 1. The molecular formula is C10H21NO. The molecule has 0 N–H and O–H groups in total. The summed E-state index contributed by atoms with van der Waals surface area (Å²) in [6, 6.07) is 0.306. The van der Waals surface area contributed by atoms with Gasteiger partial charge in [0, 0.05) is 19.5 Å². The van der Waals surface area contributed by atoms with Crippen LogP contribution in [0.4, 0.5) is 0 Å². The van der Waals surface area contributed by atoms with Gasteiger partial charge in [0.25, 0.3) is 0 Å². The maximum Gasteiger partial charge on any atom is 0.219 e. The lowest BCUT2D eigenvalue weighted by molar-refractivity contribution is -0.132. The van der Waals surface area contributed by atoms with Crippen LogP contribution in [-0.2, 0) is 4.79 Å². The number of amides is 1. The molecule has 2 heteroatoms. The fourth-order valence-electron chi connectivity index (χ4n) is 1.24. The van der Waals surface area contributed by atoms with Gasteiger partial charge in [-0.25, -0.2) is 0 Å². The fraction of sp³-hybridized carbons (Fsp3) is 0.900. The van der Waals surface area contributed by atoms with Gasteiger partial charge in [0.2, 0.25) is 5.91 Å². The second-order valence-electron chi connectivity index (χ2n) is 4.35. The van der Waals surface area contributed by atoms with E-state index in [1.807, 2.05) is 11.8 Å². The number of carbonyl (C=O) groups excluding carboxylic acids is 1. The molecular weight excluding hydrogens is 150 g/mol. The first-order valence-corrected chi connectivity index (χ1v) is 4.58. The zero-order valence-corrected chi connectivity index (χ0v) is 9.14. The first-order chi connectivity index (χ1) is 5.30. The van der Waals surface area contributed by atoms with Crippen LogP contribution >= 0.6 is 0 Å². The number of carbonyl (C=O) groups is 1. The summed E-state index contributed by atoms with van der Waals surface area (Å²) < 4.78 is 0. The molecule has 0 fully saturated rings. The number of hydrogen-bond acceptors (Lipinski definition) is 1. The lowest BCUT2D eigenvalue weighted by Gasteiger charge is -2.36. The van der Waals surface area contributed by atoms with Crippen molar-refractivity contribution in [3.8, 4) is 0 Å². The predicted molar refractivity (Wildman–Crippen MR) is 52.0 cm³/mol. The van der Waals surface area contributed by atoms with Crippen LogP contribution in [0.25, 0.3) is 0 Å². The number of rotatable bonds is 2. The van der Waals surface area contributed by atoms with Gasteiger partial charge in [-0.05, 0) is 19.3 Å². The van der Waals surface area contributed by atoms with E-state index in [1.165, 1.54) is 0 Å². The van der Waals surface area contributed by atoms with Crippen LogP contribution < -0.4 is 0 Å². The Balaban J connectivity index is 4.42. The summed E-state index contributed by atoms with van der Waals surface area (Å²) in [5.41, 5.74) is 0.168. The standard InChI is InChI=1S/C10H21NO/c1-7-11(9(3)12)8(2)10(4,5)6/h8H,7H2,1-6H3/t8-/m0/s1. The quantitative estimate of drug-likeness (QED) is 0.624. The zero-order chi connectivity index (χ0) is 9.94. The van der Waals surface area contributed by atoms with Crippen LogP contribution in [0.3, 0.4) is 0 Å². The molecule has 0 aliphatic carbocycles. The molecule has 0 saturated heterocycles. The molecule has 0 aromatic carbocycles. The van der Waals surface area contributed by atoms with Crippen molar-refractivity contribution in [2.24, 2.45) is 5.41 Å². The Kier molecular flexibility index (Phi) is 3.75. The van der Waals surface area contributed by atoms with E-state index in [1.54, 1.807) is 6.92 Å². The smallest absolute Gasteiger partial charge is 0.219 e. The monoisotopic (exact) mass is 171 g/mol. The van der Waals surface area contributed by atoms with Crippen molar-refractivity contribution in [1.82, 2.24) is 4.90 Å². The highest BCUT2D eigenvalue weighted by Gasteiger charge is 2.26. The summed E-state index contributed by atoms with van der Waals surface area (Å²) in [5.74, 6) is 0.167. The molecule has 1 amide bonds. The second kappa shape index (κ2) is 3.92. The topological polar surface area (TPSA) is 20.3 Å². The van der Waals surface area contributed by atoms with Gasteiger partial charge in [0.05, 0.1) is 0 Å². The zero-order valence-electron chi connectivity index (χ0n) is 9.14. The van der Waals surface area contributed by atoms with E-state index in [2.05, 4.69) is 27.7 Å². The van der Waals surface area contributed by atoms with Crippen molar-refractivity contribution >= 4 is 5.91 Å². The van der Waals surface area contributed by atoms with E-state index in [4.69, 9.17) is 0 Å². The molecule has 0 saturated carbocycles.